The second-order valence-electron chi connectivity index (χ2n) is 5.56. The van der Waals surface area contributed by atoms with E-state index in [1.807, 2.05) is 17.5 Å². The zero-order valence-corrected chi connectivity index (χ0v) is 13.8. The fraction of sp³-hybridized carbons (Fsp3) is 0.375. The number of amides is 1. The Morgan fingerprint density at radius 2 is 1.96 bits per heavy atom. The monoisotopic (exact) mass is 334 g/mol. The highest BCUT2D eigenvalue weighted by atomic mass is 32.1. The van der Waals surface area contributed by atoms with E-state index in [0.29, 0.717) is 5.13 Å². The smallest absolute Gasteiger partial charge is 0.223 e. The van der Waals surface area contributed by atoms with Crippen molar-refractivity contribution in [3.8, 4) is 0 Å². The van der Waals surface area contributed by atoms with Crippen molar-refractivity contribution in [3.05, 3.63) is 41.2 Å². The van der Waals surface area contributed by atoms with Crippen LogP contribution in [0.5, 0.6) is 0 Å². The SMILES string of the molecule is CC(=O)Nc1nc(CN2CCN(c3ccc(F)cc3)CC2)cs1. The molecule has 0 atom stereocenters. The van der Waals surface area contributed by atoms with Gasteiger partial charge in [-0.2, -0.15) is 0 Å². The van der Waals surface area contributed by atoms with Crippen LogP contribution in [0.25, 0.3) is 0 Å². The molecule has 1 aliphatic heterocycles. The van der Waals surface area contributed by atoms with Crippen LogP contribution in [0.15, 0.2) is 29.6 Å². The van der Waals surface area contributed by atoms with Crippen LogP contribution in [0.1, 0.15) is 12.6 Å². The van der Waals surface area contributed by atoms with Crippen molar-refractivity contribution < 1.29 is 9.18 Å². The Hall–Kier alpha value is -1.99. The Kier molecular flexibility index (Phi) is 4.88. The number of benzene rings is 1. The van der Waals surface area contributed by atoms with Gasteiger partial charge < -0.3 is 10.2 Å². The zero-order valence-electron chi connectivity index (χ0n) is 13.0. The summed E-state index contributed by atoms with van der Waals surface area (Å²) in [4.78, 5) is 20.0. The molecule has 0 aliphatic carbocycles. The van der Waals surface area contributed by atoms with E-state index < -0.39 is 0 Å². The molecule has 1 aromatic carbocycles. The lowest BCUT2D eigenvalue weighted by molar-refractivity contribution is -0.114. The molecule has 1 amide bonds. The number of anilines is 2. The summed E-state index contributed by atoms with van der Waals surface area (Å²) in [5.74, 6) is -0.301. The number of nitrogens with zero attached hydrogens (tertiary/aromatic N) is 3. The second kappa shape index (κ2) is 7.06. The van der Waals surface area contributed by atoms with Crippen molar-refractivity contribution in [2.75, 3.05) is 36.4 Å². The molecule has 1 saturated heterocycles. The van der Waals surface area contributed by atoms with Gasteiger partial charge in [-0.05, 0) is 24.3 Å². The molecule has 0 unspecified atom stereocenters. The number of aromatic nitrogens is 1. The Morgan fingerprint density at radius 3 is 2.61 bits per heavy atom. The van der Waals surface area contributed by atoms with Gasteiger partial charge >= 0.3 is 0 Å². The summed E-state index contributed by atoms with van der Waals surface area (Å²) in [5.41, 5.74) is 2.04. The van der Waals surface area contributed by atoms with Crippen LogP contribution in [-0.4, -0.2) is 42.0 Å². The van der Waals surface area contributed by atoms with E-state index in [-0.39, 0.29) is 11.7 Å². The average Bonchev–Trinajstić information content (AvgIpc) is 2.95. The third kappa shape index (κ3) is 4.27. The number of hydrogen-bond acceptors (Lipinski definition) is 5. The summed E-state index contributed by atoms with van der Waals surface area (Å²) in [7, 11) is 0. The number of thiazole rings is 1. The fourth-order valence-electron chi connectivity index (χ4n) is 2.63. The average molecular weight is 334 g/mol. The van der Waals surface area contributed by atoms with Gasteiger partial charge in [-0.15, -0.1) is 11.3 Å². The molecule has 0 radical (unpaired) electrons. The first kappa shape index (κ1) is 15.9. The predicted octanol–water partition coefficient (Wildman–Crippen LogP) is 2.56. The summed E-state index contributed by atoms with van der Waals surface area (Å²) in [6, 6.07) is 6.65. The van der Waals surface area contributed by atoms with E-state index >= 15 is 0 Å². The van der Waals surface area contributed by atoms with Crippen LogP contribution in [0.3, 0.4) is 0 Å². The molecular weight excluding hydrogens is 315 g/mol. The van der Waals surface area contributed by atoms with E-state index in [1.165, 1.54) is 30.4 Å². The topological polar surface area (TPSA) is 48.5 Å². The van der Waals surface area contributed by atoms with Crippen molar-refractivity contribution in [1.29, 1.82) is 0 Å². The number of nitrogens with one attached hydrogen (secondary N) is 1. The molecule has 1 N–H and O–H groups in total. The zero-order chi connectivity index (χ0) is 16.2. The van der Waals surface area contributed by atoms with Crippen molar-refractivity contribution in [3.63, 3.8) is 0 Å². The van der Waals surface area contributed by atoms with Gasteiger partial charge in [0.2, 0.25) is 5.91 Å². The maximum atomic E-state index is 13.0. The lowest BCUT2D eigenvalue weighted by Gasteiger charge is -2.35. The minimum Gasteiger partial charge on any atom is -0.369 e. The van der Waals surface area contributed by atoms with Crippen LogP contribution in [-0.2, 0) is 11.3 Å². The quantitative estimate of drug-likeness (QED) is 0.934. The van der Waals surface area contributed by atoms with Crippen LogP contribution in [0, 0.1) is 5.82 Å². The molecule has 7 heteroatoms. The molecular formula is C16H19FN4OS. The minimum absolute atomic E-state index is 0.0983. The van der Waals surface area contributed by atoms with Gasteiger partial charge in [-0.25, -0.2) is 9.37 Å². The molecule has 0 spiro atoms. The molecule has 0 saturated carbocycles. The largest absolute Gasteiger partial charge is 0.369 e. The van der Waals surface area contributed by atoms with E-state index in [2.05, 4.69) is 20.1 Å². The summed E-state index contributed by atoms with van der Waals surface area (Å²) in [6.07, 6.45) is 0. The second-order valence-corrected chi connectivity index (χ2v) is 6.42. The van der Waals surface area contributed by atoms with Crippen molar-refractivity contribution in [2.45, 2.75) is 13.5 Å². The summed E-state index contributed by atoms with van der Waals surface area (Å²) in [6.45, 7) is 5.96. The Labute approximate surface area is 138 Å². The number of carbonyl (C=O) groups is 1. The minimum atomic E-state index is -0.203. The first-order chi connectivity index (χ1) is 11.1. The number of halogens is 1. The van der Waals surface area contributed by atoms with Gasteiger partial charge in [0, 0.05) is 50.7 Å². The molecule has 2 aromatic rings. The van der Waals surface area contributed by atoms with Crippen molar-refractivity contribution >= 4 is 28.1 Å². The molecule has 1 fully saturated rings. The highest BCUT2D eigenvalue weighted by molar-refractivity contribution is 7.13. The van der Waals surface area contributed by atoms with Crippen molar-refractivity contribution in [1.82, 2.24) is 9.88 Å². The van der Waals surface area contributed by atoms with Gasteiger partial charge in [-0.3, -0.25) is 9.69 Å². The van der Waals surface area contributed by atoms with E-state index in [4.69, 9.17) is 0 Å². The lowest BCUT2D eigenvalue weighted by atomic mass is 10.2. The lowest BCUT2D eigenvalue weighted by Crippen LogP contribution is -2.46. The first-order valence-electron chi connectivity index (χ1n) is 7.55. The maximum Gasteiger partial charge on any atom is 0.223 e. The van der Waals surface area contributed by atoms with E-state index in [1.54, 1.807) is 0 Å². The fourth-order valence-corrected chi connectivity index (χ4v) is 3.38. The van der Waals surface area contributed by atoms with Gasteiger partial charge in [-0.1, -0.05) is 0 Å². The maximum absolute atomic E-state index is 13.0. The predicted molar refractivity (Wildman–Crippen MR) is 90.3 cm³/mol. The van der Waals surface area contributed by atoms with Crippen LogP contribution < -0.4 is 10.2 Å². The highest BCUT2D eigenvalue weighted by Crippen LogP contribution is 2.20. The van der Waals surface area contributed by atoms with Gasteiger partial charge in [0.25, 0.3) is 0 Å². The number of rotatable bonds is 4. The third-order valence-electron chi connectivity index (χ3n) is 3.78. The molecule has 3 rings (SSSR count). The molecule has 122 valence electrons. The Morgan fingerprint density at radius 1 is 1.26 bits per heavy atom. The van der Waals surface area contributed by atoms with Gasteiger partial charge in [0.1, 0.15) is 5.82 Å². The Balaban J connectivity index is 1.52. The third-order valence-corrected chi connectivity index (χ3v) is 4.59. The Bertz CT molecular complexity index is 665. The first-order valence-corrected chi connectivity index (χ1v) is 8.43. The molecule has 0 bridgehead atoms. The normalized spacial score (nSPS) is 15.7. The molecule has 1 aliphatic rings. The van der Waals surface area contributed by atoms with Crippen molar-refractivity contribution in [2.24, 2.45) is 0 Å². The van der Waals surface area contributed by atoms with E-state index in [0.717, 1.165) is 44.1 Å². The van der Waals surface area contributed by atoms with Gasteiger partial charge in [0.15, 0.2) is 5.13 Å². The highest BCUT2D eigenvalue weighted by Gasteiger charge is 2.18. The van der Waals surface area contributed by atoms with E-state index in [9.17, 15) is 9.18 Å². The summed E-state index contributed by atoms with van der Waals surface area (Å²) >= 11 is 1.45. The molecule has 23 heavy (non-hydrogen) atoms. The molecule has 5 nitrogen and oxygen atoms in total. The standard InChI is InChI=1S/C16H19FN4OS/c1-12(22)18-16-19-14(11-23-16)10-20-6-8-21(9-7-20)15-4-2-13(17)3-5-15/h2-5,11H,6-10H2,1H3,(H,18,19,22). The number of piperazine rings is 1. The van der Waals surface area contributed by atoms with Crippen LogP contribution in [0.2, 0.25) is 0 Å². The molecule has 2 heterocycles. The van der Waals surface area contributed by atoms with Crippen LogP contribution >= 0.6 is 11.3 Å². The summed E-state index contributed by atoms with van der Waals surface area (Å²) in [5, 5.41) is 5.34. The molecule has 1 aromatic heterocycles. The number of carbonyl (C=O) groups excluding carboxylic acids is 1. The number of hydrogen-bond donors (Lipinski definition) is 1. The van der Waals surface area contributed by atoms with Crippen LogP contribution in [0.4, 0.5) is 15.2 Å². The summed E-state index contributed by atoms with van der Waals surface area (Å²) < 4.78 is 13.0. The van der Waals surface area contributed by atoms with Gasteiger partial charge in [0.05, 0.1) is 5.69 Å².